The highest BCUT2D eigenvalue weighted by molar-refractivity contribution is 6.05. The van der Waals surface area contributed by atoms with Crippen molar-refractivity contribution in [3.8, 4) is 0 Å². The van der Waals surface area contributed by atoms with Gasteiger partial charge in [0.1, 0.15) is 0 Å². The number of H-pyrrole nitrogens is 1. The summed E-state index contributed by atoms with van der Waals surface area (Å²) in [6.07, 6.45) is 0. The molecule has 1 aromatic heterocycles. The highest BCUT2D eigenvalue weighted by atomic mass is 19.2. The summed E-state index contributed by atoms with van der Waals surface area (Å²) in [5.41, 5.74) is 1.76. The Labute approximate surface area is 102 Å². The predicted octanol–water partition coefficient (Wildman–Crippen LogP) is 2.56. The van der Waals surface area contributed by atoms with Crippen molar-refractivity contribution in [2.45, 2.75) is 13.8 Å². The lowest BCUT2D eigenvalue weighted by atomic mass is 10.2. The molecule has 0 spiro atoms. The topological polar surface area (TPSA) is 57.8 Å². The van der Waals surface area contributed by atoms with Gasteiger partial charge in [0, 0.05) is 17.4 Å². The molecule has 1 amide bonds. The highest BCUT2D eigenvalue weighted by Gasteiger charge is 2.15. The maximum Gasteiger partial charge on any atom is 0.259 e. The van der Waals surface area contributed by atoms with Gasteiger partial charge in [-0.05, 0) is 26.0 Å². The average Bonchev–Trinajstić information content (AvgIpc) is 2.64. The summed E-state index contributed by atoms with van der Waals surface area (Å²) in [4.78, 5) is 11.9. The van der Waals surface area contributed by atoms with Crippen molar-refractivity contribution >= 4 is 11.6 Å². The number of carbonyl (C=O) groups excluding carboxylic acids is 1. The zero-order chi connectivity index (χ0) is 13.3. The predicted molar refractivity (Wildman–Crippen MR) is 62.4 cm³/mol. The first-order valence-electron chi connectivity index (χ1n) is 5.27. The summed E-state index contributed by atoms with van der Waals surface area (Å²) in [5.74, 6) is -2.37. The van der Waals surface area contributed by atoms with Gasteiger partial charge in [0.15, 0.2) is 11.6 Å². The SMILES string of the molecule is Cc1n[nH]c(C)c1C(=O)Nc1ccc(F)c(F)c1. The molecular weight excluding hydrogens is 240 g/mol. The Morgan fingerprint density at radius 2 is 2.00 bits per heavy atom. The fourth-order valence-electron chi connectivity index (χ4n) is 1.65. The number of hydrogen-bond acceptors (Lipinski definition) is 2. The summed E-state index contributed by atoms with van der Waals surface area (Å²) in [5, 5.41) is 9.06. The number of aromatic amines is 1. The van der Waals surface area contributed by atoms with Crippen LogP contribution in [0.3, 0.4) is 0 Å². The number of halogens is 2. The number of nitrogens with zero attached hydrogens (tertiary/aromatic N) is 1. The molecule has 1 aromatic carbocycles. The maximum atomic E-state index is 13.0. The molecule has 6 heteroatoms. The van der Waals surface area contributed by atoms with Gasteiger partial charge in [-0.15, -0.1) is 0 Å². The Morgan fingerprint density at radius 3 is 2.56 bits per heavy atom. The van der Waals surface area contributed by atoms with Gasteiger partial charge in [0.05, 0.1) is 11.3 Å². The second-order valence-corrected chi connectivity index (χ2v) is 3.89. The van der Waals surface area contributed by atoms with E-state index < -0.39 is 17.5 Å². The van der Waals surface area contributed by atoms with Crippen LogP contribution in [0, 0.1) is 25.5 Å². The Balaban J connectivity index is 2.24. The first kappa shape index (κ1) is 12.2. The van der Waals surface area contributed by atoms with E-state index in [1.165, 1.54) is 6.07 Å². The third-order valence-corrected chi connectivity index (χ3v) is 2.53. The van der Waals surface area contributed by atoms with E-state index in [0.29, 0.717) is 17.0 Å². The number of rotatable bonds is 2. The summed E-state index contributed by atoms with van der Waals surface area (Å²) >= 11 is 0. The summed E-state index contributed by atoms with van der Waals surface area (Å²) < 4.78 is 25.7. The molecular formula is C12H11F2N3O. The fourth-order valence-corrected chi connectivity index (χ4v) is 1.65. The van der Waals surface area contributed by atoms with Gasteiger partial charge in [-0.3, -0.25) is 9.89 Å². The molecule has 0 unspecified atom stereocenters. The third kappa shape index (κ3) is 2.22. The van der Waals surface area contributed by atoms with E-state index in [-0.39, 0.29) is 5.69 Å². The van der Waals surface area contributed by atoms with Crippen LogP contribution in [0.1, 0.15) is 21.7 Å². The van der Waals surface area contributed by atoms with Crippen LogP contribution in [-0.2, 0) is 0 Å². The number of aryl methyl sites for hydroxylation is 2. The zero-order valence-corrected chi connectivity index (χ0v) is 9.84. The monoisotopic (exact) mass is 251 g/mol. The minimum atomic E-state index is -1.01. The number of amides is 1. The first-order chi connectivity index (χ1) is 8.49. The lowest BCUT2D eigenvalue weighted by Crippen LogP contribution is -2.14. The van der Waals surface area contributed by atoms with Crippen molar-refractivity contribution in [1.29, 1.82) is 0 Å². The van der Waals surface area contributed by atoms with Crippen molar-refractivity contribution in [3.05, 3.63) is 46.8 Å². The minimum Gasteiger partial charge on any atom is -0.322 e. The highest BCUT2D eigenvalue weighted by Crippen LogP contribution is 2.16. The molecule has 0 saturated heterocycles. The molecule has 0 atom stereocenters. The smallest absolute Gasteiger partial charge is 0.259 e. The Bertz CT molecular complexity index is 588. The van der Waals surface area contributed by atoms with Gasteiger partial charge in [0.2, 0.25) is 0 Å². The van der Waals surface area contributed by atoms with Gasteiger partial charge in [-0.25, -0.2) is 8.78 Å². The summed E-state index contributed by atoms with van der Waals surface area (Å²) in [6.45, 7) is 3.39. The molecule has 2 aromatic rings. The normalized spacial score (nSPS) is 10.4. The lowest BCUT2D eigenvalue weighted by molar-refractivity contribution is 0.102. The van der Waals surface area contributed by atoms with E-state index in [1.807, 2.05) is 0 Å². The molecule has 2 rings (SSSR count). The average molecular weight is 251 g/mol. The number of aromatic nitrogens is 2. The molecule has 94 valence electrons. The third-order valence-electron chi connectivity index (χ3n) is 2.53. The maximum absolute atomic E-state index is 13.0. The first-order valence-corrected chi connectivity index (χ1v) is 5.27. The van der Waals surface area contributed by atoms with Crippen LogP contribution in [0.2, 0.25) is 0 Å². The Morgan fingerprint density at radius 1 is 1.28 bits per heavy atom. The molecule has 0 saturated carbocycles. The molecule has 0 aliphatic rings. The quantitative estimate of drug-likeness (QED) is 0.861. The van der Waals surface area contributed by atoms with E-state index in [4.69, 9.17) is 0 Å². The number of carbonyl (C=O) groups is 1. The van der Waals surface area contributed by atoms with Gasteiger partial charge >= 0.3 is 0 Å². The molecule has 18 heavy (non-hydrogen) atoms. The van der Waals surface area contributed by atoms with Crippen LogP contribution >= 0.6 is 0 Å². The van der Waals surface area contributed by atoms with Crippen molar-refractivity contribution in [1.82, 2.24) is 10.2 Å². The van der Waals surface area contributed by atoms with Crippen molar-refractivity contribution in [2.75, 3.05) is 5.32 Å². The van der Waals surface area contributed by atoms with Gasteiger partial charge in [0.25, 0.3) is 5.91 Å². The van der Waals surface area contributed by atoms with E-state index in [0.717, 1.165) is 12.1 Å². The van der Waals surface area contributed by atoms with Crippen LogP contribution in [0.15, 0.2) is 18.2 Å². The standard InChI is InChI=1S/C12H11F2N3O/c1-6-11(7(2)17-16-6)12(18)15-8-3-4-9(13)10(14)5-8/h3-5H,1-2H3,(H,15,18)(H,16,17). The van der Waals surface area contributed by atoms with Crippen molar-refractivity contribution in [3.63, 3.8) is 0 Å². The van der Waals surface area contributed by atoms with E-state index in [2.05, 4.69) is 15.5 Å². The Kier molecular flexibility index (Phi) is 3.10. The molecule has 0 aliphatic heterocycles. The second kappa shape index (κ2) is 4.56. The number of nitrogens with one attached hydrogen (secondary N) is 2. The number of hydrogen-bond donors (Lipinski definition) is 2. The van der Waals surface area contributed by atoms with Gasteiger partial charge in [-0.1, -0.05) is 0 Å². The lowest BCUT2D eigenvalue weighted by Gasteiger charge is -2.05. The largest absolute Gasteiger partial charge is 0.322 e. The molecule has 0 fully saturated rings. The summed E-state index contributed by atoms with van der Waals surface area (Å²) in [6, 6.07) is 3.18. The molecule has 1 heterocycles. The van der Waals surface area contributed by atoms with Crippen LogP contribution in [0.5, 0.6) is 0 Å². The van der Waals surface area contributed by atoms with Gasteiger partial charge < -0.3 is 5.32 Å². The second-order valence-electron chi connectivity index (χ2n) is 3.89. The van der Waals surface area contributed by atoms with Crippen LogP contribution in [-0.4, -0.2) is 16.1 Å². The fraction of sp³-hybridized carbons (Fsp3) is 0.167. The van der Waals surface area contributed by atoms with Crippen LogP contribution in [0.25, 0.3) is 0 Å². The zero-order valence-electron chi connectivity index (χ0n) is 9.84. The van der Waals surface area contributed by atoms with Crippen LogP contribution < -0.4 is 5.32 Å². The molecule has 0 bridgehead atoms. The molecule has 2 N–H and O–H groups in total. The van der Waals surface area contributed by atoms with E-state index in [1.54, 1.807) is 13.8 Å². The van der Waals surface area contributed by atoms with Crippen molar-refractivity contribution < 1.29 is 13.6 Å². The number of anilines is 1. The van der Waals surface area contributed by atoms with Crippen LogP contribution in [0.4, 0.5) is 14.5 Å². The van der Waals surface area contributed by atoms with Crippen molar-refractivity contribution in [2.24, 2.45) is 0 Å². The van der Waals surface area contributed by atoms with E-state index >= 15 is 0 Å². The molecule has 4 nitrogen and oxygen atoms in total. The van der Waals surface area contributed by atoms with Gasteiger partial charge in [-0.2, -0.15) is 5.10 Å². The summed E-state index contributed by atoms with van der Waals surface area (Å²) in [7, 11) is 0. The molecule has 0 radical (unpaired) electrons. The Hall–Kier alpha value is -2.24. The van der Waals surface area contributed by atoms with E-state index in [9.17, 15) is 13.6 Å². The minimum absolute atomic E-state index is 0.193. The number of benzene rings is 1. The molecule has 0 aliphatic carbocycles.